The van der Waals surface area contributed by atoms with Crippen molar-refractivity contribution in [3.8, 4) is 6.07 Å². The van der Waals surface area contributed by atoms with Crippen molar-refractivity contribution >= 4 is 0 Å². The lowest BCUT2D eigenvalue weighted by Gasteiger charge is -2.07. The summed E-state index contributed by atoms with van der Waals surface area (Å²) in [6.07, 6.45) is 1.62. The van der Waals surface area contributed by atoms with Crippen LogP contribution in [0, 0.1) is 11.3 Å². The standard InChI is InChI=1S/C11H11NO/c1-2-4-11(13)10-6-3-5-9(7-10)8-12/h2-3,5-7,11,13H,1,4H2. The highest BCUT2D eigenvalue weighted by Gasteiger charge is 2.04. The van der Waals surface area contributed by atoms with Gasteiger partial charge in [-0.25, -0.2) is 0 Å². The van der Waals surface area contributed by atoms with Crippen LogP contribution in [0.2, 0.25) is 0 Å². The number of aliphatic hydroxyl groups excluding tert-OH is 1. The lowest BCUT2D eigenvalue weighted by atomic mass is 10.0. The molecule has 1 N–H and O–H groups in total. The van der Waals surface area contributed by atoms with Crippen LogP contribution in [0.1, 0.15) is 23.7 Å². The summed E-state index contributed by atoms with van der Waals surface area (Å²) in [5.41, 5.74) is 1.33. The molecule has 2 heteroatoms. The van der Waals surface area contributed by atoms with E-state index in [0.717, 1.165) is 5.56 Å². The fraction of sp³-hybridized carbons (Fsp3) is 0.182. The second-order valence-corrected chi connectivity index (χ2v) is 2.78. The Morgan fingerprint density at radius 1 is 1.62 bits per heavy atom. The Kier molecular flexibility index (Phi) is 3.24. The van der Waals surface area contributed by atoms with Crippen LogP contribution < -0.4 is 0 Å². The third-order valence-corrected chi connectivity index (χ3v) is 1.79. The molecule has 2 nitrogen and oxygen atoms in total. The van der Waals surface area contributed by atoms with Crippen LogP contribution in [0.15, 0.2) is 36.9 Å². The van der Waals surface area contributed by atoms with Crippen LogP contribution in [0.3, 0.4) is 0 Å². The summed E-state index contributed by atoms with van der Waals surface area (Å²) in [6, 6.07) is 8.99. The van der Waals surface area contributed by atoms with Crippen molar-refractivity contribution in [1.29, 1.82) is 5.26 Å². The quantitative estimate of drug-likeness (QED) is 0.712. The Labute approximate surface area is 77.8 Å². The van der Waals surface area contributed by atoms with Crippen molar-refractivity contribution in [2.24, 2.45) is 0 Å². The van der Waals surface area contributed by atoms with Gasteiger partial charge in [0.15, 0.2) is 0 Å². The molecule has 0 bridgehead atoms. The SMILES string of the molecule is C=CCC(O)c1cccc(C#N)c1. The van der Waals surface area contributed by atoms with Crippen molar-refractivity contribution in [3.63, 3.8) is 0 Å². The van der Waals surface area contributed by atoms with Crippen molar-refractivity contribution in [2.45, 2.75) is 12.5 Å². The number of nitriles is 1. The zero-order chi connectivity index (χ0) is 9.68. The van der Waals surface area contributed by atoms with E-state index in [1.807, 2.05) is 6.07 Å². The topological polar surface area (TPSA) is 44.0 Å². The summed E-state index contributed by atoms with van der Waals surface area (Å²) in [4.78, 5) is 0. The molecule has 0 aliphatic rings. The zero-order valence-corrected chi connectivity index (χ0v) is 7.27. The molecule has 1 unspecified atom stereocenters. The maximum atomic E-state index is 9.56. The monoisotopic (exact) mass is 173 g/mol. The Morgan fingerprint density at radius 2 is 2.38 bits per heavy atom. The first-order chi connectivity index (χ1) is 6.27. The number of nitrogens with zero attached hydrogens (tertiary/aromatic N) is 1. The Balaban J connectivity index is 2.89. The molecule has 0 aromatic heterocycles. The summed E-state index contributed by atoms with van der Waals surface area (Å²) in [7, 11) is 0. The predicted molar refractivity (Wildman–Crippen MR) is 50.9 cm³/mol. The summed E-state index contributed by atoms with van der Waals surface area (Å²) in [5.74, 6) is 0. The first-order valence-corrected chi connectivity index (χ1v) is 4.07. The van der Waals surface area contributed by atoms with Crippen LogP contribution in [0.5, 0.6) is 0 Å². The fourth-order valence-corrected chi connectivity index (χ4v) is 1.11. The molecule has 0 spiro atoms. The molecule has 66 valence electrons. The van der Waals surface area contributed by atoms with Gasteiger partial charge in [-0.3, -0.25) is 0 Å². The minimum atomic E-state index is -0.550. The van der Waals surface area contributed by atoms with Gasteiger partial charge in [-0.05, 0) is 24.1 Å². The van der Waals surface area contributed by atoms with E-state index in [2.05, 4.69) is 6.58 Å². The summed E-state index contributed by atoms with van der Waals surface area (Å²) >= 11 is 0. The predicted octanol–water partition coefficient (Wildman–Crippen LogP) is 2.17. The molecule has 1 aromatic carbocycles. The summed E-state index contributed by atoms with van der Waals surface area (Å²) in [6.45, 7) is 3.54. The van der Waals surface area contributed by atoms with E-state index in [9.17, 15) is 5.11 Å². The zero-order valence-electron chi connectivity index (χ0n) is 7.27. The number of rotatable bonds is 3. The molecule has 1 aromatic rings. The highest BCUT2D eigenvalue weighted by Crippen LogP contribution is 2.17. The molecule has 1 atom stereocenters. The van der Waals surface area contributed by atoms with E-state index in [1.165, 1.54) is 0 Å². The van der Waals surface area contributed by atoms with Gasteiger partial charge in [0.1, 0.15) is 0 Å². The number of benzene rings is 1. The van der Waals surface area contributed by atoms with Gasteiger partial charge in [0.25, 0.3) is 0 Å². The van der Waals surface area contributed by atoms with Gasteiger partial charge in [-0.1, -0.05) is 18.2 Å². The second-order valence-electron chi connectivity index (χ2n) is 2.78. The molecule has 0 aliphatic carbocycles. The van der Waals surface area contributed by atoms with E-state index in [4.69, 9.17) is 5.26 Å². The van der Waals surface area contributed by atoms with Gasteiger partial charge in [0.2, 0.25) is 0 Å². The molecular formula is C11H11NO. The third-order valence-electron chi connectivity index (χ3n) is 1.79. The molecule has 0 saturated heterocycles. The van der Waals surface area contributed by atoms with E-state index < -0.39 is 6.10 Å². The van der Waals surface area contributed by atoms with Crippen molar-refractivity contribution in [1.82, 2.24) is 0 Å². The van der Waals surface area contributed by atoms with Gasteiger partial charge < -0.3 is 5.11 Å². The van der Waals surface area contributed by atoms with Crippen molar-refractivity contribution < 1.29 is 5.11 Å². The third kappa shape index (κ3) is 2.43. The van der Waals surface area contributed by atoms with E-state index in [0.29, 0.717) is 12.0 Å². The molecule has 0 aliphatic heterocycles. The van der Waals surface area contributed by atoms with Crippen LogP contribution in [-0.2, 0) is 0 Å². The Hall–Kier alpha value is -1.59. The van der Waals surface area contributed by atoms with E-state index in [1.54, 1.807) is 30.3 Å². The van der Waals surface area contributed by atoms with Gasteiger partial charge in [0, 0.05) is 0 Å². The van der Waals surface area contributed by atoms with Gasteiger partial charge in [-0.15, -0.1) is 6.58 Å². The normalized spacial score (nSPS) is 11.7. The van der Waals surface area contributed by atoms with Crippen molar-refractivity contribution in [3.05, 3.63) is 48.0 Å². The largest absolute Gasteiger partial charge is 0.388 e. The summed E-state index contributed by atoms with van der Waals surface area (Å²) < 4.78 is 0. The molecule has 0 fully saturated rings. The molecule has 0 heterocycles. The van der Waals surface area contributed by atoms with Gasteiger partial charge in [-0.2, -0.15) is 5.26 Å². The van der Waals surface area contributed by atoms with Crippen molar-refractivity contribution in [2.75, 3.05) is 0 Å². The minimum absolute atomic E-state index is 0.509. The molecule has 1 rings (SSSR count). The molecular weight excluding hydrogens is 162 g/mol. The lowest BCUT2D eigenvalue weighted by molar-refractivity contribution is 0.181. The van der Waals surface area contributed by atoms with Crippen LogP contribution >= 0.6 is 0 Å². The molecule has 0 saturated carbocycles. The maximum Gasteiger partial charge on any atom is 0.0991 e. The van der Waals surface area contributed by atoms with Crippen LogP contribution in [0.25, 0.3) is 0 Å². The lowest BCUT2D eigenvalue weighted by Crippen LogP contribution is -1.95. The van der Waals surface area contributed by atoms with Crippen LogP contribution in [-0.4, -0.2) is 5.11 Å². The maximum absolute atomic E-state index is 9.56. The first-order valence-electron chi connectivity index (χ1n) is 4.07. The van der Waals surface area contributed by atoms with E-state index >= 15 is 0 Å². The Bertz CT molecular complexity index is 338. The van der Waals surface area contributed by atoms with E-state index in [-0.39, 0.29) is 0 Å². The van der Waals surface area contributed by atoms with Gasteiger partial charge >= 0.3 is 0 Å². The second kappa shape index (κ2) is 4.44. The Morgan fingerprint density at radius 3 is 3.00 bits per heavy atom. The average molecular weight is 173 g/mol. The highest BCUT2D eigenvalue weighted by molar-refractivity contribution is 5.33. The van der Waals surface area contributed by atoms with Gasteiger partial charge in [0.05, 0.1) is 17.7 Å². The molecule has 13 heavy (non-hydrogen) atoms. The summed E-state index contributed by atoms with van der Waals surface area (Å²) in [5, 5.41) is 18.2. The highest BCUT2D eigenvalue weighted by atomic mass is 16.3. The number of hydrogen-bond donors (Lipinski definition) is 1. The minimum Gasteiger partial charge on any atom is -0.388 e. The van der Waals surface area contributed by atoms with Crippen LogP contribution in [0.4, 0.5) is 0 Å². The fourth-order valence-electron chi connectivity index (χ4n) is 1.11. The number of hydrogen-bond acceptors (Lipinski definition) is 2. The molecule has 0 radical (unpaired) electrons. The average Bonchev–Trinajstić information content (AvgIpc) is 2.18. The molecule has 0 amide bonds. The smallest absolute Gasteiger partial charge is 0.0991 e. The first kappa shape index (κ1) is 9.50. The number of aliphatic hydroxyl groups is 1.